The van der Waals surface area contributed by atoms with Gasteiger partial charge in [-0.2, -0.15) is 0 Å². The van der Waals surface area contributed by atoms with Gasteiger partial charge in [-0.15, -0.1) is 11.3 Å². The standard InChI is InChI=1S/C12H10O3S/c13-6-2-4-8-3-1-5-10-9(8)7-11(16-10)12(14)15/h1-5,7,13H,6H2,(H,14,15). The van der Waals surface area contributed by atoms with Crippen molar-refractivity contribution in [3.05, 3.63) is 40.8 Å². The molecule has 2 rings (SSSR count). The number of carbonyl (C=O) groups is 1. The Morgan fingerprint density at radius 2 is 2.25 bits per heavy atom. The number of hydrogen-bond acceptors (Lipinski definition) is 3. The lowest BCUT2D eigenvalue weighted by Gasteiger charge is -1.95. The molecule has 2 aromatic rings. The fraction of sp³-hybridized carbons (Fsp3) is 0.0833. The van der Waals surface area contributed by atoms with Crippen LogP contribution in [0.15, 0.2) is 30.3 Å². The Morgan fingerprint density at radius 1 is 1.44 bits per heavy atom. The van der Waals surface area contributed by atoms with Gasteiger partial charge < -0.3 is 10.2 Å². The molecule has 0 unspecified atom stereocenters. The van der Waals surface area contributed by atoms with Crippen molar-refractivity contribution in [3.8, 4) is 0 Å². The number of benzene rings is 1. The normalized spacial score (nSPS) is 11.3. The lowest BCUT2D eigenvalue weighted by atomic mass is 10.1. The number of thiophene rings is 1. The third-order valence-electron chi connectivity index (χ3n) is 2.21. The molecule has 0 saturated carbocycles. The Hall–Kier alpha value is -1.65. The van der Waals surface area contributed by atoms with Crippen molar-refractivity contribution in [2.45, 2.75) is 0 Å². The fourth-order valence-corrected chi connectivity index (χ4v) is 2.45. The van der Waals surface area contributed by atoms with Crippen LogP contribution >= 0.6 is 11.3 Å². The summed E-state index contributed by atoms with van der Waals surface area (Å²) in [4.78, 5) is 11.2. The van der Waals surface area contributed by atoms with Crippen LogP contribution in [0.25, 0.3) is 16.2 Å². The van der Waals surface area contributed by atoms with Crippen molar-refractivity contribution >= 4 is 33.5 Å². The average molecular weight is 234 g/mol. The van der Waals surface area contributed by atoms with E-state index in [-0.39, 0.29) is 6.61 Å². The van der Waals surface area contributed by atoms with Gasteiger partial charge in [0.05, 0.1) is 6.61 Å². The zero-order valence-corrected chi connectivity index (χ0v) is 9.20. The second-order valence-corrected chi connectivity index (χ2v) is 4.34. The number of fused-ring (bicyclic) bond motifs is 1. The van der Waals surface area contributed by atoms with Gasteiger partial charge in [0.1, 0.15) is 4.88 Å². The molecular weight excluding hydrogens is 224 g/mol. The van der Waals surface area contributed by atoms with Crippen molar-refractivity contribution in [2.24, 2.45) is 0 Å². The summed E-state index contributed by atoms with van der Waals surface area (Å²) in [6, 6.07) is 7.33. The van der Waals surface area contributed by atoms with Crippen LogP contribution in [0.2, 0.25) is 0 Å². The predicted molar refractivity (Wildman–Crippen MR) is 64.9 cm³/mol. The first-order valence-corrected chi connectivity index (χ1v) is 5.57. The lowest BCUT2D eigenvalue weighted by molar-refractivity contribution is 0.0702. The summed E-state index contributed by atoms with van der Waals surface area (Å²) in [6.07, 6.45) is 3.42. The Balaban J connectivity index is 2.58. The quantitative estimate of drug-likeness (QED) is 0.858. The monoisotopic (exact) mass is 234 g/mol. The number of aliphatic hydroxyl groups is 1. The molecule has 0 fully saturated rings. The molecule has 0 amide bonds. The predicted octanol–water partition coefficient (Wildman–Crippen LogP) is 2.61. The van der Waals surface area contributed by atoms with Crippen molar-refractivity contribution < 1.29 is 15.0 Å². The van der Waals surface area contributed by atoms with E-state index in [1.54, 1.807) is 18.2 Å². The summed E-state index contributed by atoms with van der Waals surface area (Å²) < 4.78 is 0.942. The maximum atomic E-state index is 10.8. The smallest absolute Gasteiger partial charge is 0.345 e. The van der Waals surface area contributed by atoms with Crippen molar-refractivity contribution in [1.29, 1.82) is 0 Å². The second-order valence-electron chi connectivity index (χ2n) is 3.26. The van der Waals surface area contributed by atoms with Gasteiger partial charge in [0.2, 0.25) is 0 Å². The maximum Gasteiger partial charge on any atom is 0.345 e. The molecule has 16 heavy (non-hydrogen) atoms. The molecule has 0 aliphatic carbocycles. The van der Waals surface area contributed by atoms with Gasteiger partial charge in [0.25, 0.3) is 0 Å². The van der Waals surface area contributed by atoms with E-state index in [1.165, 1.54) is 11.3 Å². The number of aromatic carboxylic acids is 1. The molecule has 1 aromatic heterocycles. The molecule has 4 heteroatoms. The van der Waals surface area contributed by atoms with Crippen LogP contribution in [-0.2, 0) is 0 Å². The zero-order valence-electron chi connectivity index (χ0n) is 8.38. The molecule has 0 radical (unpaired) electrons. The molecule has 1 aromatic carbocycles. The number of aliphatic hydroxyl groups excluding tert-OH is 1. The number of hydrogen-bond donors (Lipinski definition) is 2. The van der Waals surface area contributed by atoms with Gasteiger partial charge in [0, 0.05) is 10.1 Å². The molecule has 0 spiro atoms. The zero-order chi connectivity index (χ0) is 11.5. The first kappa shape index (κ1) is 10.9. The van der Waals surface area contributed by atoms with E-state index in [1.807, 2.05) is 18.2 Å². The topological polar surface area (TPSA) is 57.5 Å². The van der Waals surface area contributed by atoms with Gasteiger partial charge in [-0.1, -0.05) is 24.3 Å². The third-order valence-corrected chi connectivity index (χ3v) is 3.30. The number of carboxylic acids is 1. The third kappa shape index (κ3) is 1.98. The van der Waals surface area contributed by atoms with Gasteiger partial charge in [0.15, 0.2) is 0 Å². The maximum absolute atomic E-state index is 10.8. The van der Waals surface area contributed by atoms with Crippen molar-refractivity contribution in [1.82, 2.24) is 0 Å². The highest BCUT2D eigenvalue weighted by atomic mass is 32.1. The SMILES string of the molecule is O=C(O)c1cc2c(C=CCO)cccc2s1. The van der Waals surface area contributed by atoms with E-state index >= 15 is 0 Å². The van der Waals surface area contributed by atoms with E-state index in [9.17, 15) is 4.79 Å². The van der Waals surface area contributed by atoms with E-state index in [0.29, 0.717) is 4.88 Å². The van der Waals surface area contributed by atoms with Crippen LogP contribution < -0.4 is 0 Å². The molecule has 1 heterocycles. The minimum Gasteiger partial charge on any atom is -0.477 e. The Morgan fingerprint density at radius 3 is 2.94 bits per heavy atom. The van der Waals surface area contributed by atoms with Gasteiger partial charge in [-0.3, -0.25) is 0 Å². The van der Waals surface area contributed by atoms with E-state index in [0.717, 1.165) is 15.6 Å². The van der Waals surface area contributed by atoms with Crippen LogP contribution in [0.1, 0.15) is 15.2 Å². The van der Waals surface area contributed by atoms with Crippen LogP contribution in [0, 0.1) is 0 Å². The summed E-state index contributed by atoms with van der Waals surface area (Å²) >= 11 is 1.26. The molecule has 0 atom stereocenters. The van der Waals surface area contributed by atoms with E-state index in [2.05, 4.69) is 0 Å². The highest BCUT2D eigenvalue weighted by Crippen LogP contribution is 2.29. The van der Waals surface area contributed by atoms with Crippen molar-refractivity contribution in [3.63, 3.8) is 0 Å². The molecule has 3 nitrogen and oxygen atoms in total. The summed E-state index contributed by atoms with van der Waals surface area (Å²) in [5, 5.41) is 18.5. The van der Waals surface area contributed by atoms with E-state index in [4.69, 9.17) is 10.2 Å². The Labute approximate surface area is 96.3 Å². The molecule has 2 N–H and O–H groups in total. The van der Waals surface area contributed by atoms with E-state index < -0.39 is 5.97 Å². The molecule has 0 saturated heterocycles. The Kier molecular flexibility index (Phi) is 3.03. The van der Waals surface area contributed by atoms with Gasteiger partial charge in [-0.25, -0.2) is 4.79 Å². The number of carboxylic acid groups (broad SMARTS) is 1. The number of rotatable bonds is 3. The minimum atomic E-state index is -0.904. The molecule has 0 bridgehead atoms. The molecule has 82 valence electrons. The van der Waals surface area contributed by atoms with Crippen LogP contribution in [0.5, 0.6) is 0 Å². The van der Waals surface area contributed by atoms with Crippen LogP contribution in [0.4, 0.5) is 0 Å². The summed E-state index contributed by atoms with van der Waals surface area (Å²) in [6.45, 7) is -0.0215. The first-order valence-electron chi connectivity index (χ1n) is 4.75. The summed E-state index contributed by atoms with van der Waals surface area (Å²) in [5.41, 5.74) is 0.926. The van der Waals surface area contributed by atoms with Crippen molar-refractivity contribution in [2.75, 3.05) is 6.61 Å². The molecule has 0 aliphatic rings. The molecular formula is C12H10O3S. The lowest BCUT2D eigenvalue weighted by Crippen LogP contribution is -1.89. The second kappa shape index (κ2) is 4.47. The van der Waals surface area contributed by atoms with Crippen LogP contribution in [0.3, 0.4) is 0 Å². The average Bonchev–Trinajstić information content (AvgIpc) is 2.70. The van der Waals surface area contributed by atoms with Gasteiger partial charge >= 0.3 is 5.97 Å². The highest BCUT2D eigenvalue weighted by molar-refractivity contribution is 7.20. The highest BCUT2D eigenvalue weighted by Gasteiger charge is 2.09. The largest absolute Gasteiger partial charge is 0.477 e. The fourth-order valence-electron chi connectivity index (χ4n) is 1.51. The molecule has 0 aliphatic heterocycles. The summed E-state index contributed by atoms with van der Waals surface area (Å²) in [5.74, 6) is -0.904. The summed E-state index contributed by atoms with van der Waals surface area (Å²) in [7, 11) is 0. The minimum absolute atomic E-state index is 0.0215. The van der Waals surface area contributed by atoms with Gasteiger partial charge in [-0.05, 0) is 17.7 Å². The Bertz CT molecular complexity index is 554. The first-order chi connectivity index (χ1) is 7.72. The van der Waals surface area contributed by atoms with Crippen LogP contribution in [-0.4, -0.2) is 22.8 Å².